The van der Waals surface area contributed by atoms with Gasteiger partial charge in [0.2, 0.25) is 0 Å². The fourth-order valence-corrected chi connectivity index (χ4v) is 3.95. The molecule has 4 N–H and O–H groups in total. The molecule has 0 aliphatic rings. The van der Waals surface area contributed by atoms with Crippen molar-refractivity contribution >= 4 is 21.4 Å². The van der Waals surface area contributed by atoms with E-state index in [0.29, 0.717) is 16.8 Å². The van der Waals surface area contributed by atoms with Gasteiger partial charge in [-0.15, -0.1) is 0 Å². The minimum Gasteiger partial charge on any atom is -0.507 e. The number of aromatic hydroxyl groups is 1. The third-order valence-electron chi connectivity index (χ3n) is 4.19. The van der Waals surface area contributed by atoms with Crippen LogP contribution in [0.15, 0.2) is 41.3 Å². The van der Waals surface area contributed by atoms with Crippen molar-refractivity contribution in [3.8, 4) is 5.75 Å². The van der Waals surface area contributed by atoms with Gasteiger partial charge >= 0.3 is 0 Å². The zero-order chi connectivity index (χ0) is 19.9. The molecule has 0 saturated heterocycles. The minimum absolute atomic E-state index is 0.0303. The van der Waals surface area contributed by atoms with E-state index in [1.165, 1.54) is 6.07 Å². The summed E-state index contributed by atoms with van der Waals surface area (Å²) in [6.45, 7) is 11.8. The topological polar surface area (TPSA) is 92.4 Å². The second-order valence-electron chi connectivity index (χ2n) is 8.56. The number of phenols is 1. The molecule has 0 radical (unpaired) electrons. The summed E-state index contributed by atoms with van der Waals surface area (Å²) in [5.41, 5.74) is 7.08. The quantitative estimate of drug-likeness (QED) is 0.548. The third kappa shape index (κ3) is 4.12. The highest BCUT2D eigenvalue weighted by Gasteiger charge is 2.28. The van der Waals surface area contributed by atoms with E-state index < -0.39 is 10.0 Å². The first-order chi connectivity index (χ1) is 11.7. The summed E-state index contributed by atoms with van der Waals surface area (Å²) in [6, 6.07) is 9.69. The average Bonchev–Trinajstić information content (AvgIpc) is 2.46. The molecule has 0 saturated carbocycles. The van der Waals surface area contributed by atoms with Crippen molar-refractivity contribution in [3.63, 3.8) is 0 Å². The van der Waals surface area contributed by atoms with E-state index in [2.05, 4.69) is 4.72 Å². The van der Waals surface area contributed by atoms with Gasteiger partial charge in [-0.1, -0.05) is 53.7 Å². The zero-order valence-electron chi connectivity index (χ0n) is 16.2. The Labute approximate surface area is 156 Å². The first-order valence-corrected chi connectivity index (χ1v) is 9.97. The Kier molecular flexibility index (Phi) is 5.03. The van der Waals surface area contributed by atoms with Crippen LogP contribution in [0.25, 0.3) is 0 Å². The second-order valence-corrected chi connectivity index (χ2v) is 10.2. The number of nitrogens with two attached hydrogens (primary N) is 1. The maximum Gasteiger partial charge on any atom is 0.263 e. The molecule has 0 aromatic heterocycles. The molecule has 6 heteroatoms. The molecule has 26 heavy (non-hydrogen) atoms. The van der Waals surface area contributed by atoms with Gasteiger partial charge in [-0.05, 0) is 35.1 Å². The Balaban J connectivity index is 2.62. The number of sulfonamides is 1. The number of hydrogen-bond acceptors (Lipinski definition) is 4. The van der Waals surface area contributed by atoms with Gasteiger partial charge in [0.15, 0.2) is 0 Å². The number of rotatable bonds is 3. The molecular weight excluding hydrogens is 348 g/mol. The van der Waals surface area contributed by atoms with Crippen LogP contribution in [0.4, 0.5) is 11.4 Å². The zero-order valence-corrected chi connectivity index (χ0v) is 17.0. The van der Waals surface area contributed by atoms with E-state index in [9.17, 15) is 13.5 Å². The number of anilines is 2. The molecule has 0 heterocycles. The molecule has 142 valence electrons. The first-order valence-electron chi connectivity index (χ1n) is 8.49. The first kappa shape index (κ1) is 20.1. The Morgan fingerprint density at radius 2 is 1.38 bits per heavy atom. The molecule has 2 aromatic rings. The van der Waals surface area contributed by atoms with Crippen molar-refractivity contribution in [2.75, 3.05) is 10.5 Å². The predicted octanol–water partition coefficient (Wildman–Crippen LogP) is 4.37. The van der Waals surface area contributed by atoms with Crippen molar-refractivity contribution < 1.29 is 13.5 Å². The molecular formula is C20H28N2O3S. The van der Waals surface area contributed by atoms with Gasteiger partial charge in [-0.3, -0.25) is 4.72 Å². The summed E-state index contributed by atoms with van der Waals surface area (Å²) < 4.78 is 28.2. The van der Waals surface area contributed by atoms with Gasteiger partial charge in [0, 0.05) is 16.8 Å². The fourth-order valence-electron chi connectivity index (χ4n) is 2.77. The summed E-state index contributed by atoms with van der Waals surface area (Å²) >= 11 is 0. The Morgan fingerprint density at radius 1 is 0.923 bits per heavy atom. The number of hydrogen-bond donors (Lipinski definition) is 3. The third-order valence-corrected chi connectivity index (χ3v) is 5.64. The molecule has 0 aliphatic heterocycles. The van der Waals surface area contributed by atoms with Crippen LogP contribution in [0.3, 0.4) is 0 Å². The van der Waals surface area contributed by atoms with Crippen LogP contribution in [0, 0.1) is 0 Å². The lowest BCUT2D eigenvalue weighted by Gasteiger charge is -2.28. The van der Waals surface area contributed by atoms with Gasteiger partial charge in [-0.2, -0.15) is 0 Å². The van der Waals surface area contributed by atoms with E-state index in [0.717, 1.165) is 0 Å². The molecule has 0 fully saturated rings. The standard InChI is InChI=1S/C20H28N2O3S/c1-19(2,3)14-11-13(12-15(18(14)23)20(4,5)6)22-26(24,25)17-10-8-7-9-16(17)21/h7-12,22-23H,21H2,1-6H3. The van der Waals surface area contributed by atoms with Crippen LogP contribution in [-0.4, -0.2) is 13.5 Å². The number of para-hydroxylation sites is 1. The highest BCUT2D eigenvalue weighted by atomic mass is 32.2. The molecule has 5 nitrogen and oxygen atoms in total. The lowest BCUT2D eigenvalue weighted by Crippen LogP contribution is -2.20. The van der Waals surface area contributed by atoms with Gasteiger partial charge in [-0.25, -0.2) is 8.42 Å². The molecule has 2 rings (SSSR count). The normalized spacial score (nSPS) is 12.8. The van der Waals surface area contributed by atoms with Crippen LogP contribution >= 0.6 is 0 Å². The number of phenolic OH excluding ortho intramolecular Hbond substituents is 1. The Hall–Kier alpha value is -2.21. The van der Waals surface area contributed by atoms with Gasteiger partial charge in [0.1, 0.15) is 10.6 Å². The highest BCUT2D eigenvalue weighted by Crippen LogP contribution is 2.41. The van der Waals surface area contributed by atoms with Crippen molar-refractivity contribution in [2.24, 2.45) is 0 Å². The maximum atomic E-state index is 12.8. The van der Waals surface area contributed by atoms with E-state index in [-0.39, 0.29) is 27.2 Å². The number of nitrogen functional groups attached to an aromatic ring is 1. The van der Waals surface area contributed by atoms with E-state index >= 15 is 0 Å². The summed E-state index contributed by atoms with van der Waals surface area (Å²) in [5.74, 6) is 0.201. The van der Waals surface area contributed by atoms with Crippen molar-refractivity contribution in [1.29, 1.82) is 0 Å². The molecule has 0 bridgehead atoms. The monoisotopic (exact) mass is 376 g/mol. The summed E-state index contributed by atoms with van der Waals surface area (Å²) in [4.78, 5) is 0.0303. The summed E-state index contributed by atoms with van der Waals surface area (Å²) in [7, 11) is -3.84. The van der Waals surface area contributed by atoms with Crippen LogP contribution < -0.4 is 10.5 Å². The maximum absolute atomic E-state index is 12.8. The van der Waals surface area contributed by atoms with E-state index in [1.54, 1.807) is 30.3 Å². The lowest BCUT2D eigenvalue weighted by molar-refractivity contribution is 0.423. The molecule has 0 spiro atoms. The van der Waals surface area contributed by atoms with Crippen molar-refractivity contribution in [1.82, 2.24) is 0 Å². The molecule has 0 aliphatic carbocycles. The van der Waals surface area contributed by atoms with Gasteiger partial charge in [0.25, 0.3) is 10.0 Å². The highest BCUT2D eigenvalue weighted by molar-refractivity contribution is 7.92. The lowest BCUT2D eigenvalue weighted by atomic mass is 9.79. The van der Waals surface area contributed by atoms with Gasteiger partial charge in [0.05, 0.1) is 5.69 Å². The van der Waals surface area contributed by atoms with Crippen molar-refractivity contribution in [2.45, 2.75) is 57.3 Å². The van der Waals surface area contributed by atoms with Crippen molar-refractivity contribution in [3.05, 3.63) is 47.5 Å². The molecule has 2 aromatic carbocycles. The SMILES string of the molecule is CC(C)(C)c1cc(NS(=O)(=O)c2ccccc2N)cc(C(C)(C)C)c1O. The summed E-state index contributed by atoms with van der Waals surface area (Å²) in [5, 5.41) is 10.7. The van der Waals surface area contributed by atoms with Gasteiger partial charge < -0.3 is 10.8 Å². The van der Waals surface area contributed by atoms with Crippen LogP contribution in [0.2, 0.25) is 0 Å². The fraction of sp³-hybridized carbons (Fsp3) is 0.400. The minimum atomic E-state index is -3.84. The number of nitrogens with one attached hydrogen (secondary N) is 1. The van der Waals surface area contributed by atoms with Crippen LogP contribution in [0.1, 0.15) is 52.7 Å². The van der Waals surface area contributed by atoms with Crippen LogP contribution in [0.5, 0.6) is 5.75 Å². The smallest absolute Gasteiger partial charge is 0.263 e. The molecule has 0 unspecified atom stereocenters. The Morgan fingerprint density at radius 3 is 1.81 bits per heavy atom. The largest absolute Gasteiger partial charge is 0.507 e. The predicted molar refractivity (Wildman–Crippen MR) is 107 cm³/mol. The Bertz CT molecular complexity index is 886. The average molecular weight is 377 g/mol. The molecule has 0 amide bonds. The van der Waals surface area contributed by atoms with E-state index in [1.807, 2.05) is 41.5 Å². The van der Waals surface area contributed by atoms with E-state index in [4.69, 9.17) is 5.73 Å². The van der Waals surface area contributed by atoms with Crippen LogP contribution in [-0.2, 0) is 20.9 Å². The summed E-state index contributed by atoms with van der Waals surface area (Å²) in [6.07, 6.45) is 0. The number of benzene rings is 2. The molecule has 0 atom stereocenters. The second kappa shape index (κ2) is 6.50.